The number of carbonyl (C=O) groups is 1. The molecule has 6 heteroatoms. The second-order valence-corrected chi connectivity index (χ2v) is 7.25. The van der Waals surface area contributed by atoms with Crippen molar-refractivity contribution in [1.29, 1.82) is 0 Å². The van der Waals surface area contributed by atoms with Crippen molar-refractivity contribution in [3.8, 4) is 0 Å². The van der Waals surface area contributed by atoms with Crippen molar-refractivity contribution in [2.24, 2.45) is 0 Å². The van der Waals surface area contributed by atoms with Gasteiger partial charge in [-0.05, 0) is 64.5 Å². The molecule has 1 aromatic carbocycles. The van der Waals surface area contributed by atoms with E-state index in [-0.39, 0.29) is 25.8 Å². The van der Waals surface area contributed by atoms with Crippen molar-refractivity contribution in [2.75, 3.05) is 26.4 Å². The molecule has 3 N–H and O–H groups in total. The molecule has 1 aromatic rings. The first-order valence-corrected chi connectivity index (χ1v) is 9.49. The van der Waals surface area contributed by atoms with Gasteiger partial charge in [-0.15, -0.1) is 0 Å². The van der Waals surface area contributed by atoms with Crippen molar-refractivity contribution in [3.63, 3.8) is 0 Å². The highest BCUT2D eigenvalue weighted by Crippen LogP contribution is 2.20. The summed E-state index contributed by atoms with van der Waals surface area (Å²) >= 11 is 0. The van der Waals surface area contributed by atoms with Crippen LogP contribution in [0.15, 0.2) is 18.2 Å². The maximum Gasteiger partial charge on any atom is 0.339 e. The molecular formula is C21H36O6. The lowest BCUT2D eigenvalue weighted by Gasteiger charge is -2.21. The van der Waals surface area contributed by atoms with Gasteiger partial charge in [0.15, 0.2) is 0 Å². The minimum Gasteiger partial charge on any atom is -0.456 e. The number of rotatable bonds is 10. The van der Waals surface area contributed by atoms with Gasteiger partial charge in [-0.25, -0.2) is 4.79 Å². The largest absolute Gasteiger partial charge is 0.456 e. The fourth-order valence-electron chi connectivity index (χ4n) is 2.19. The number of aliphatic hydroxyl groups is 3. The average Bonchev–Trinajstić information content (AvgIpc) is 2.58. The Kier molecular flexibility index (Phi) is 13.8. The number of hydrogen-bond donors (Lipinski definition) is 3. The summed E-state index contributed by atoms with van der Waals surface area (Å²) in [5.74, 6) is -0.311. The molecule has 1 rings (SSSR count). The normalized spacial score (nSPS) is 10.9. The van der Waals surface area contributed by atoms with E-state index in [2.05, 4.69) is 0 Å². The highest BCUT2D eigenvalue weighted by Gasteiger charge is 2.21. The van der Waals surface area contributed by atoms with Crippen molar-refractivity contribution in [2.45, 2.75) is 65.6 Å². The van der Waals surface area contributed by atoms with Crippen molar-refractivity contribution in [3.05, 3.63) is 34.9 Å². The van der Waals surface area contributed by atoms with Gasteiger partial charge in [0.1, 0.15) is 5.60 Å². The second kappa shape index (κ2) is 14.6. The zero-order valence-electron chi connectivity index (χ0n) is 17.2. The lowest BCUT2D eigenvalue weighted by molar-refractivity contribution is 0.00636. The zero-order valence-corrected chi connectivity index (χ0v) is 17.2. The molecule has 156 valence electrons. The number of ether oxygens (including phenoxy) is 2. The number of esters is 1. The molecule has 0 amide bonds. The van der Waals surface area contributed by atoms with Gasteiger partial charge in [0.25, 0.3) is 0 Å². The molecule has 0 radical (unpaired) electrons. The van der Waals surface area contributed by atoms with Crippen LogP contribution in [0.2, 0.25) is 0 Å². The number of benzene rings is 1. The summed E-state index contributed by atoms with van der Waals surface area (Å²) in [7, 11) is 0. The standard InChI is InChI=1S/C17H26O4.C4H10O2/c1-13-8-7-9-14(12-20-11-6-5-10-18)15(13)16(19)21-17(2,3)4;5-3-1-2-4-6/h7-9,18H,5-6,10-12H2,1-4H3;5-6H,1-4H2. The Morgan fingerprint density at radius 1 is 0.963 bits per heavy atom. The highest BCUT2D eigenvalue weighted by atomic mass is 16.6. The molecule has 0 atom stereocenters. The molecule has 6 nitrogen and oxygen atoms in total. The van der Waals surface area contributed by atoms with Crippen LogP contribution in [-0.2, 0) is 16.1 Å². The van der Waals surface area contributed by atoms with Crippen LogP contribution < -0.4 is 0 Å². The molecule has 0 aromatic heterocycles. The van der Waals surface area contributed by atoms with Gasteiger partial charge >= 0.3 is 5.97 Å². The zero-order chi connectivity index (χ0) is 20.7. The Balaban J connectivity index is 0.000000972. The molecule has 0 spiro atoms. The van der Waals surface area contributed by atoms with Crippen LogP contribution in [0.25, 0.3) is 0 Å². The summed E-state index contributed by atoms with van der Waals surface area (Å²) in [6.45, 7) is 8.98. The smallest absolute Gasteiger partial charge is 0.339 e. The topological polar surface area (TPSA) is 96.2 Å². The molecule has 0 aliphatic carbocycles. The fourth-order valence-corrected chi connectivity index (χ4v) is 2.19. The summed E-state index contributed by atoms with van der Waals surface area (Å²) in [5, 5.41) is 24.9. The molecule has 0 saturated heterocycles. The molecule has 0 saturated carbocycles. The van der Waals surface area contributed by atoms with E-state index < -0.39 is 5.60 Å². The first-order chi connectivity index (χ1) is 12.8. The number of hydrogen-bond acceptors (Lipinski definition) is 6. The highest BCUT2D eigenvalue weighted by molar-refractivity contribution is 5.93. The summed E-state index contributed by atoms with van der Waals surface area (Å²) in [4.78, 5) is 12.3. The van der Waals surface area contributed by atoms with Gasteiger partial charge in [0, 0.05) is 26.4 Å². The summed E-state index contributed by atoms with van der Waals surface area (Å²) < 4.78 is 11.0. The Morgan fingerprint density at radius 3 is 2.04 bits per heavy atom. The Labute approximate surface area is 163 Å². The first kappa shape index (κ1) is 25.5. The number of carbonyl (C=O) groups excluding carboxylic acids is 1. The van der Waals surface area contributed by atoms with Gasteiger partial charge in [0.2, 0.25) is 0 Å². The van der Waals surface area contributed by atoms with Crippen LogP contribution in [0.4, 0.5) is 0 Å². The second-order valence-electron chi connectivity index (χ2n) is 7.25. The molecule has 27 heavy (non-hydrogen) atoms. The lowest BCUT2D eigenvalue weighted by Crippen LogP contribution is -2.25. The van der Waals surface area contributed by atoms with Crippen molar-refractivity contribution < 1.29 is 29.6 Å². The van der Waals surface area contributed by atoms with E-state index >= 15 is 0 Å². The summed E-state index contributed by atoms with van der Waals surface area (Å²) in [6.07, 6.45) is 2.98. The summed E-state index contributed by atoms with van der Waals surface area (Å²) in [6, 6.07) is 5.70. The third kappa shape index (κ3) is 12.5. The van der Waals surface area contributed by atoms with Gasteiger partial charge in [-0.3, -0.25) is 0 Å². The average molecular weight is 385 g/mol. The quantitative estimate of drug-likeness (QED) is 0.424. The van der Waals surface area contributed by atoms with Crippen LogP contribution in [-0.4, -0.2) is 53.3 Å². The Bertz CT molecular complexity index is 518. The van der Waals surface area contributed by atoms with Gasteiger partial charge in [-0.2, -0.15) is 0 Å². The van der Waals surface area contributed by atoms with E-state index in [9.17, 15) is 4.79 Å². The van der Waals surface area contributed by atoms with Crippen LogP contribution in [0.1, 0.15) is 67.9 Å². The molecule has 0 aliphatic heterocycles. The maximum absolute atomic E-state index is 12.3. The van der Waals surface area contributed by atoms with E-state index in [1.54, 1.807) is 0 Å². The molecule has 0 bridgehead atoms. The van der Waals surface area contributed by atoms with Crippen LogP contribution >= 0.6 is 0 Å². The van der Waals surface area contributed by atoms with Crippen molar-refractivity contribution >= 4 is 5.97 Å². The van der Waals surface area contributed by atoms with Gasteiger partial charge in [0.05, 0.1) is 12.2 Å². The maximum atomic E-state index is 12.3. The first-order valence-electron chi connectivity index (χ1n) is 9.49. The lowest BCUT2D eigenvalue weighted by atomic mass is 10.0. The van der Waals surface area contributed by atoms with E-state index in [1.165, 1.54) is 0 Å². The predicted octanol–water partition coefficient (Wildman–Crippen LogP) is 2.99. The number of unbranched alkanes of at least 4 members (excludes halogenated alkanes) is 2. The van der Waals surface area contributed by atoms with Gasteiger partial charge in [-0.1, -0.05) is 18.2 Å². The monoisotopic (exact) mass is 384 g/mol. The Hall–Kier alpha value is -1.47. The summed E-state index contributed by atoms with van der Waals surface area (Å²) in [5.41, 5.74) is 1.81. The van der Waals surface area contributed by atoms with Gasteiger partial charge < -0.3 is 24.8 Å². The molecule has 0 fully saturated rings. The number of aryl methyl sites for hydroxylation is 1. The van der Waals surface area contributed by atoms with E-state index in [4.69, 9.17) is 24.8 Å². The third-order valence-corrected chi connectivity index (χ3v) is 3.48. The molecule has 0 aliphatic rings. The van der Waals surface area contributed by atoms with Crippen LogP contribution in [0.5, 0.6) is 0 Å². The number of aliphatic hydroxyl groups excluding tert-OH is 3. The minimum atomic E-state index is -0.515. The molecular weight excluding hydrogens is 348 g/mol. The fraction of sp³-hybridized carbons (Fsp3) is 0.667. The van der Waals surface area contributed by atoms with E-state index in [1.807, 2.05) is 45.9 Å². The van der Waals surface area contributed by atoms with E-state index in [0.717, 1.165) is 36.8 Å². The van der Waals surface area contributed by atoms with Crippen LogP contribution in [0, 0.1) is 6.92 Å². The molecule has 0 unspecified atom stereocenters. The molecule has 0 heterocycles. The minimum absolute atomic E-state index is 0.178. The van der Waals surface area contributed by atoms with E-state index in [0.29, 0.717) is 18.8 Å². The predicted molar refractivity (Wildman–Crippen MR) is 106 cm³/mol. The van der Waals surface area contributed by atoms with Crippen molar-refractivity contribution in [1.82, 2.24) is 0 Å². The Morgan fingerprint density at radius 2 is 1.52 bits per heavy atom. The third-order valence-electron chi connectivity index (χ3n) is 3.48. The van der Waals surface area contributed by atoms with Crippen LogP contribution in [0.3, 0.4) is 0 Å². The SMILES string of the molecule is Cc1cccc(COCCCCO)c1C(=O)OC(C)(C)C.OCCCCO.